The van der Waals surface area contributed by atoms with Crippen LogP contribution in [0.1, 0.15) is 17.3 Å². The molecule has 1 aromatic rings. The molecule has 0 atom stereocenters. The van der Waals surface area contributed by atoms with E-state index in [1.807, 2.05) is 6.92 Å². The molecule has 0 radical (unpaired) electrons. The predicted octanol–water partition coefficient (Wildman–Crippen LogP) is 1.25. The van der Waals surface area contributed by atoms with Crippen LogP contribution in [0.25, 0.3) is 0 Å². The number of carboxylic acids is 1. The Hall–Kier alpha value is -2.24. The number of amides is 1. The van der Waals surface area contributed by atoms with Gasteiger partial charge in [-0.2, -0.15) is 0 Å². The van der Waals surface area contributed by atoms with Crippen LogP contribution in [-0.2, 0) is 4.79 Å². The molecular weight excluding hydrogens is 250 g/mol. The van der Waals surface area contributed by atoms with E-state index in [0.29, 0.717) is 12.3 Å². The van der Waals surface area contributed by atoms with Gasteiger partial charge < -0.3 is 19.5 Å². The van der Waals surface area contributed by atoms with Crippen LogP contribution < -0.4 is 9.47 Å². The zero-order chi connectivity index (χ0) is 14.4. The summed E-state index contributed by atoms with van der Waals surface area (Å²) in [7, 11) is 3.12. The quantitative estimate of drug-likeness (QED) is 0.839. The molecular formula is C13H17NO5. The number of hydrogen-bond acceptors (Lipinski definition) is 4. The van der Waals surface area contributed by atoms with Crippen molar-refractivity contribution in [2.24, 2.45) is 0 Å². The number of methoxy groups -OCH3 is 1. The Labute approximate surface area is 111 Å². The third-order valence-electron chi connectivity index (χ3n) is 2.67. The first-order chi connectivity index (χ1) is 8.99. The molecule has 0 fully saturated rings. The molecule has 6 nitrogen and oxygen atoms in total. The van der Waals surface area contributed by atoms with E-state index in [2.05, 4.69) is 0 Å². The van der Waals surface area contributed by atoms with Crippen molar-refractivity contribution < 1.29 is 24.2 Å². The number of benzene rings is 1. The minimum Gasteiger partial charge on any atom is -0.497 e. The van der Waals surface area contributed by atoms with Gasteiger partial charge >= 0.3 is 5.97 Å². The Kier molecular flexibility index (Phi) is 5.17. The molecule has 0 unspecified atom stereocenters. The first kappa shape index (κ1) is 14.8. The fraction of sp³-hybridized carbons (Fsp3) is 0.385. The van der Waals surface area contributed by atoms with Gasteiger partial charge in [-0.3, -0.25) is 4.79 Å². The largest absolute Gasteiger partial charge is 0.497 e. The molecule has 19 heavy (non-hydrogen) atoms. The summed E-state index contributed by atoms with van der Waals surface area (Å²) < 4.78 is 10.3. The molecule has 0 aliphatic heterocycles. The molecule has 1 N–H and O–H groups in total. The van der Waals surface area contributed by atoms with Crippen molar-refractivity contribution in [3.63, 3.8) is 0 Å². The number of carboxylic acid groups (broad SMARTS) is 1. The number of carbonyl (C=O) groups is 2. The molecule has 1 rings (SSSR count). The highest BCUT2D eigenvalue weighted by Gasteiger charge is 2.15. The van der Waals surface area contributed by atoms with E-state index in [1.165, 1.54) is 30.2 Å². The van der Waals surface area contributed by atoms with Crippen LogP contribution in [0.4, 0.5) is 0 Å². The second-order valence-corrected chi connectivity index (χ2v) is 3.86. The van der Waals surface area contributed by atoms with Gasteiger partial charge in [-0.1, -0.05) is 0 Å². The first-order valence-electron chi connectivity index (χ1n) is 5.77. The van der Waals surface area contributed by atoms with Crippen LogP contribution in [0.5, 0.6) is 11.5 Å². The SMILES string of the molecule is CCN(C)C(=O)COc1cc(OC)ccc1C(=O)O. The molecule has 1 amide bonds. The highest BCUT2D eigenvalue weighted by atomic mass is 16.5. The molecule has 0 heterocycles. The minimum absolute atomic E-state index is 0.00671. The number of carbonyl (C=O) groups excluding carboxylic acids is 1. The van der Waals surface area contributed by atoms with Crippen molar-refractivity contribution >= 4 is 11.9 Å². The topological polar surface area (TPSA) is 76.1 Å². The van der Waals surface area contributed by atoms with E-state index in [-0.39, 0.29) is 23.8 Å². The Morgan fingerprint density at radius 3 is 2.58 bits per heavy atom. The number of ether oxygens (including phenoxy) is 2. The van der Waals surface area contributed by atoms with Crippen LogP contribution in [0.3, 0.4) is 0 Å². The lowest BCUT2D eigenvalue weighted by molar-refractivity contribution is -0.131. The van der Waals surface area contributed by atoms with Gasteiger partial charge in [0.05, 0.1) is 7.11 Å². The lowest BCUT2D eigenvalue weighted by atomic mass is 10.2. The molecule has 0 saturated heterocycles. The number of likely N-dealkylation sites (N-methyl/N-ethyl adjacent to an activating group) is 1. The van der Waals surface area contributed by atoms with Gasteiger partial charge in [0.1, 0.15) is 17.1 Å². The zero-order valence-electron chi connectivity index (χ0n) is 11.2. The number of hydrogen-bond donors (Lipinski definition) is 1. The highest BCUT2D eigenvalue weighted by molar-refractivity contribution is 5.91. The Bertz CT molecular complexity index is 472. The van der Waals surface area contributed by atoms with Gasteiger partial charge in [-0.25, -0.2) is 4.79 Å². The predicted molar refractivity (Wildman–Crippen MR) is 68.8 cm³/mol. The zero-order valence-corrected chi connectivity index (χ0v) is 11.2. The van der Waals surface area contributed by atoms with Crippen LogP contribution in [-0.4, -0.2) is 49.2 Å². The van der Waals surface area contributed by atoms with Crippen molar-refractivity contribution in [2.45, 2.75) is 6.92 Å². The van der Waals surface area contributed by atoms with Gasteiger partial charge in [0.25, 0.3) is 5.91 Å². The number of rotatable bonds is 6. The monoisotopic (exact) mass is 267 g/mol. The fourth-order valence-corrected chi connectivity index (χ4v) is 1.35. The summed E-state index contributed by atoms with van der Waals surface area (Å²) in [6.45, 7) is 2.19. The molecule has 0 aromatic heterocycles. The molecule has 0 aliphatic carbocycles. The summed E-state index contributed by atoms with van der Waals surface area (Å²) in [5.74, 6) is -0.753. The third-order valence-corrected chi connectivity index (χ3v) is 2.67. The van der Waals surface area contributed by atoms with Crippen LogP contribution in [0, 0.1) is 0 Å². The van der Waals surface area contributed by atoms with E-state index in [4.69, 9.17) is 14.6 Å². The maximum Gasteiger partial charge on any atom is 0.339 e. The van der Waals surface area contributed by atoms with E-state index >= 15 is 0 Å². The summed E-state index contributed by atoms with van der Waals surface area (Å²) in [5.41, 5.74) is -0.00671. The van der Waals surface area contributed by atoms with Gasteiger partial charge in [-0.15, -0.1) is 0 Å². The lowest BCUT2D eigenvalue weighted by Crippen LogP contribution is -2.31. The van der Waals surface area contributed by atoms with E-state index in [1.54, 1.807) is 7.05 Å². The molecule has 1 aromatic carbocycles. The Morgan fingerprint density at radius 1 is 1.37 bits per heavy atom. The summed E-state index contributed by atoms with van der Waals surface area (Å²) in [5, 5.41) is 9.03. The van der Waals surface area contributed by atoms with Gasteiger partial charge in [0.2, 0.25) is 0 Å². The molecule has 0 spiro atoms. The Morgan fingerprint density at radius 2 is 2.05 bits per heavy atom. The molecule has 6 heteroatoms. The average Bonchev–Trinajstić information content (AvgIpc) is 2.43. The van der Waals surface area contributed by atoms with Crippen molar-refractivity contribution in [3.05, 3.63) is 23.8 Å². The number of nitrogens with zero attached hydrogens (tertiary/aromatic N) is 1. The van der Waals surface area contributed by atoms with Crippen molar-refractivity contribution in [3.8, 4) is 11.5 Å². The second kappa shape index (κ2) is 6.63. The van der Waals surface area contributed by atoms with Gasteiger partial charge in [0.15, 0.2) is 6.61 Å². The first-order valence-corrected chi connectivity index (χ1v) is 5.77. The summed E-state index contributed by atoms with van der Waals surface area (Å²) in [4.78, 5) is 24.1. The van der Waals surface area contributed by atoms with Crippen molar-refractivity contribution in [1.82, 2.24) is 4.90 Å². The van der Waals surface area contributed by atoms with Gasteiger partial charge in [0, 0.05) is 19.7 Å². The number of aromatic carboxylic acids is 1. The average molecular weight is 267 g/mol. The Balaban J connectivity index is 2.86. The summed E-state index contributed by atoms with van der Waals surface area (Å²) in [6.07, 6.45) is 0. The second-order valence-electron chi connectivity index (χ2n) is 3.86. The van der Waals surface area contributed by atoms with E-state index in [0.717, 1.165) is 0 Å². The molecule has 0 saturated carbocycles. The normalized spacial score (nSPS) is 9.84. The maximum absolute atomic E-state index is 11.6. The van der Waals surface area contributed by atoms with Gasteiger partial charge in [-0.05, 0) is 19.1 Å². The van der Waals surface area contributed by atoms with E-state index in [9.17, 15) is 9.59 Å². The lowest BCUT2D eigenvalue weighted by Gasteiger charge is -2.16. The maximum atomic E-state index is 11.6. The minimum atomic E-state index is -1.12. The fourth-order valence-electron chi connectivity index (χ4n) is 1.35. The third kappa shape index (κ3) is 3.87. The standard InChI is InChI=1S/C13H17NO5/c1-4-14(2)12(15)8-19-11-7-9(18-3)5-6-10(11)13(16)17/h5-7H,4,8H2,1-3H3,(H,16,17). The van der Waals surface area contributed by atoms with Crippen LogP contribution in [0.15, 0.2) is 18.2 Å². The molecule has 0 aliphatic rings. The smallest absolute Gasteiger partial charge is 0.339 e. The summed E-state index contributed by atoms with van der Waals surface area (Å²) >= 11 is 0. The van der Waals surface area contributed by atoms with Crippen molar-refractivity contribution in [1.29, 1.82) is 0 Å². The van der Waals surface area contributed by atoms with Crippen LogP contribution in [0.2, 0.25) is 0 Å². The van der Waals surface area contributed by atoms with Crippen LogP contribution >= 0.6 is 0 Å². The molecule has 0 bridgehead atoms. The summed E-state index contributed by atoms with van der Waals surface area (Å²) in [6, 6.07) is 4.35. The highest BCUT2D eigenvalue weighted by Crippen LogP contribution is 2.24. The van der Waals surface area contributed by atoms with Crippen molar-refractivity contribution in [2.75, 3.05) is 27.3 Å². The molecule has 104 valence electrons. The van der Waals surface area contributed by atoms with E-state index < -0.39 is 5.97 Å².